The van der Waals surface area contributed by atoms with Crippen molar-refractivity contribution in [3.05, 3.63) is 45.7 Å². The summed E-state index contributed by atoms with van der Waals surface area (Å²) in [5.41, 5.74) is 1.22. The summed E-state index contributed by atoms with van der Waals surface area (Å²) in [4.78, 5) is 32.6. The Hall–Kier alpha value is -2.28. The van der Waals surface area contributed by atoms with E-state index < -0.39 is 0 Å². The number of pyridine rings is 1. The molecule has 0 spiro atoms. The molecule has 0 aliphatic rings. The summed E-state index contributed by atoms with van der Waals surface area (Å²) in [5.74, 6) is -0.608. The molecule has 0 fully saturated rings. The maximum Gasteiger partial charge on any atom is 0.350 e. The van der Waals surface area contributed by atoms with E-state index in [1.54, 1.807) is 31.5 Å². The first kappa shape index (κ1) is 17.1. The van der Waals surface area contributed by atoms with Gasteiger partial charge in [-0.05, 0) is 31.9 Å². The predicted octanol–water partition coefficient (Wildman–Crippen LogP) is 2.39. The molecule has 0 radical (unpaired) electrons. The molecule has 7 heteroatoms. The zero-order chi connectivity index (χ0) is 16.7. The second-order valence-electron chi connectivity index (χ2n) is 4.90. The Morgan fingerprint density at radius 1 is 1.30 bits per heavy atom. The van der Waals surface area contributed by atoms with Crippen LogP contribution >= 0.6 is 11.3 Å². The van der Waals surface area contributed by atoms with E-state index in [2.05, 4.69) is 22.2 Å². The van der Waals surface area contributed by atoms with Crippen LogP contribution in [-0.2, 0) is 11.2 Å². The monoisotopic (exact) mass is 333 g/mol. The van der Waals surface area contributed by atoms with Gasteiger partial charge >= 0.3 is 5.97 Å². The fourth-order valence-electron chi connectivity index (χ4n) is 1.94. The molecule has 0 atom stereocenters. The molecule has 1 amide bonds. The molecule has 2 aromatic heterocycles. The summed E-state index contributed by atoms with van der Waals surface area (Å²) in [5, 5.41) is 3.64. The highest BCUT2D eigenvalue weighted by Crippen LogP contribution is 2.20. The molecule has 2 heterocycles. The van der Waals surface area contributed by atoms with Gasteiger partial charge < -0.3 is 10.1 Å². The van der Waals surface area contributed by atoms with Crippen molar-refractivity contribution in [3.8, 4) is 0 Å². The minimum absolute atomic E-state index is 0.121. The van der Waals surface area contributed by atoms with Crippen LogP contribution in [0.25, 0.3) is 0 Å². The Kier molecular flexibility index (Phi) is 6.22. The van der Waals surface area contributed by atoms with Crippen molar-refractivity contribution < 1.29 is 14.3 Å². The SMILES string of the molecule is CCCc1nc(C)c(C(=O)OCCNC(=O)c2ccncc2)s1. The van der Waals surface area contributed by atoms with Gasteiger partial charge in [0.1, 0.15) is 11.5 Å². The molecule has 23 heavy (non-hydrogen) atoms. The number of rotatable bonds is 7. The number of esters is 1. The maximum atomic E-state index is 12.0. The number of carbonyl (C=O) groups is 2. The predicted molar refractivity (Wildman–Crippen MR) is 87.7 cm³/mol. The van der Waals surface area contributed by atoms with Crippen LogP contribution in [0.5, 0.6) is 0 Å². The summed E-state index contributed by atoms with van der Waals surface area (Å²) >= 11 is 1.37. The van der Waals surface area contributed by atoms with Crippen LogP contribution in [0.4, 0.5) is 0 Å². The fourth-order valence-corrected chi connectivity index (χ4v) is 3.00. The second kappa shape index (κ2) is 8.38. The minimum atomic E-state index is -0.388. The Bertz CT molecular complexity index is 670. The van der Waals surface area contributed by atoms with Crippen LogP contribution in [0.2, 0.25) is 0 Å². The molecule has 0 unspecified atom stereocenters. The lowest BCUT2D eigenvalue weighted by Crippen LogP contribution is -2.28. The molecule has 2 rings (SSSR count). The standard InChI is InChI=1S/C16H19N3O3S/c1-3-4-13-19-11(2)14(23-13)16(21)22-10-9-18-15(20)12-5-7-17-8-6-12/h5-8H,3-4,9-10H2,1-2H3,(H,18,20). The molecule has 1 N–H and O–H groups in total. The molecule has 0 saturated heterocycles. The number of thiazole rings is 1. The first-order chi connectivity index (χ1) is 11.1. The van der Waals surface area contributed by atoms with Crippen LogP contribution < -0.4 is 5.32 Å². The number of nitrogens with zero attached hydrogens (tertiary/aromatic N) is 2. The van der Waals surface area contributed by atoms with E-state index in [1.165, 1.54) is 11.3 Å². The summed E-state index contributed by atoms with van der Waals surface area (Å²) in [6, 6.07) is 3.24. The van der Waals surface area contributed by atoms with Crippen LogP contribution in [-0.4, -0.2) is 35.0 Å². The van der Waals surface area contributed by atoms with Gasteiger partial charge in [-0.3, -0.25) is 9.78 Å². The van der Waals surface area contributed by atoms with Gasteiger partial charge in [0.05, 0.1) is 17.2 Å². The number of nitrogens with one attached hydrogen (secondary N) is 1. The van der Waals surface area contributed by atoms with Crippen molar-refractivity contribution in [1.82, 2.24) is 15.3 Å². The number of hydrogen-bond donors (Lipinski definition) is 1. The quantitative estimate of drug-likeness (QED) is 0.621. The van der Waals surface area contributed by atoms with E-state index in [1.807, 2.05) is 0 Å². The second-order valence-corrected chi connectivity index (χ2v) is 5.98. The maximum absolute atomic E-state index is 12.0. The number of aromatic nitrogens is 2. The van der Waals surface area contributed by atoms with Crippen LogP contribution in [0.1, 0.15) is 44.1 Å². The first-order valence-corrected chi connectivity index (χ1v) is 8.25. The van der Waals surface area contributed by atoms with E-state index in [0.717, 1.165) is 17.8 Å². The molecule has 2 aromatic rings. The van der Waals surface area contributed by atoms with Crippen molar-refractivity contribution in [2.45, 2.75) is 26.7 Å². The topological polar surface area (TPSA) is 81.2 Å². The van der Waals surface area contributed by atoms with E-state index in [0.29, 0.717) is 16.1 Å². The highest BCUT2D eigenvalue weighted by Gasteiger charge is 2.16. The first-order valence-electron chi connectivity index (χ1n) is 7.43. The molecule has 0 aromatic carbocycles. The summed E-state index contributed by atoms with van der Waals surface area (Å²) in [6.45, 7) is 4.25. The van der Waals surface area contributed by atoms with Crippen molar-refractivity contribution >= 4 is 23.2 Å². The van der Waals surface area contributed by atoms with Crippen molar-refractivity contribution in [2.24, 2.45) is 0 Å². The Morgan fingerprint density at radius 3 is 2.74 bits per heavy atom. The third kappa shape index (κ3) is 4.85. The third-order valence-electron chi connectivity index (χ3n) is 3.05. The summed E-state index contributed by atoms with van der Waals surface area (Å²) in [7, 11) is 0. The zero-order valence-corrected chi connectivity index (χ0v) is 14.0. The molecule has 0 bridgehead atoms. The molecule has 0 aliphatic heterocycles. The van der Waals surface area contributed by atoms with Gasteiger partial charge in [-0.15, -0.1) is 11.3 Å². The Labute approximate surface area is 138 Å². The van der Waals surface area contributed by atoms with Crippen molar-refractivity contribution in [2.75, 3.05) is 13.2 Å². The van der Waals surface area contributed by atoms with Crippen LogP contribution in [0.15, 0.2) is 24.5 Å². The summed E-state index contributed by atoms with van der Waals surface area (Å²) in [6.07, 6.45) is 4.95. The van der Waals surface area contributed by atoms with E-state index >= 15 is 0 Å². The fraction of sp³-hybridized carbons (Fsp3) is 0.375. The Morgan fingerprint density at radius 2 is 2.04 bits per heavy atom. The third-order valence-corrected chi connectivity index (χ3v) is 4.25. The molecular formula is C16H19N3O3S. The van der Waals surface area contributed by atoms with Gasteiger partial charge in [0.25, 0.3) is 5.91 Å². The van der Waals surface area contributed by atoms with E-state index in [-0.39, 0.29) is 25.0 Å². The number of aryl methyl sites for hydroxylation is 2. The van der Waals surface area contributed by atoms with Gasteiger partial charge in [-0.1, -0.05) is 6.92 Å². The van der Waals surface area contributed by atoms with Crippen LogP contribution in [0.3, 0.4) is 0 Å². The van der Waals surface area contributed by atoms with Gasteiger partial charge in [-0.25, -0.2) is 9.78 Å². The molecular weight excluding hydrogens is 314 g/mol. The number of hydrogen-bond acceptors (Lipinski definition) is 6. The molecule has 0 aliphatic carbocycles. The molecule has 122 valence electrons. The highest BCUT2D eigenvalue weighted by atomic mass is 32.1. The number of ether oxygens (including phenoxy) is 1. The number of carbonyl (C=O) groups excluding carboxylic acids is 2. The Balaban J connectivity index is 1.78. The van der Waals surface area contributed by atoms with E-state index in [4.69, 9.17) is 4.74 Å². The highest BCUT2D eigenvalue weighted by molar-refractivity contribution is 7.13. The normalized spacial score (nSPS) is 10.3. The molecule has 6 nitrogen and oxygen atoms in total. The lowest BCUT2D eigenvalue weighted by Gasteiger charge is -2.06. The lowest BCUT2D eigenvalue weighted by molar-refractivity contribution is 0.0507. The minimum Gasteiger partial charge on any atom is -0.460 e. The van der Waals surface area contributed by atoms with Gasteiger partial charge in [0.2, 0.25) is 0 Å². The lowest BCUT2D eigenvalue weighted by atomic mass is 10.2. The average Bonchev–Trinajstić information content (AvgIpc) is 2.93. The van der Waals surface area contributed by atoms with Crippen LogP contribution in [0, 0.1) is 6.92 Å². The summed E-state index contributed by atoms with van der Waals surface area (Å²) < 4.78 is 5.19. The van der Waals surface area contributed by atoms with Crippen molar-refractivity contribution in [3.63, 3.8) is 0 Å². The van der Waals surface area contributed by atoms with Crippen molar-refractivity contribution in [1.29, 1.82) is 0 Å². The van der Waals surface area contributed by atoms with Gasteiger partial charge in [0.15, 0.2) is 0 Å². The van der Waals surface area contributed by atoms with Gasteiger partial charge in [-0.2, -0.15) is 0 Å². The average molecular weight is 333 g/mol. The van der Waals surface area contributed by atoms with Gasteiger partial charge in [0, 0.05) is 18.0 Å². The largest absolute Gasteiger partial charge is 0.460 e. The number of amides is 1. The van der Waals surface area contributed by atoms with E-state index in [9.17, 15) is 9.59 Å². The smallest absolute Gasteiger partial charge is 0.350 e. The zero-order valence-electron chi connectivity index (χ0n) is 13.2. The molecule has 0 saturated carbocycles.